The maximum absolute atomic E-state index is 13.1. The summed E-state index contributed by atoms with van der Waals surface area (Å²) in [6.07, 6.45) is 1.67. The predicted molar refractivity (Wildman–Crippen MR) is 131 cm³/mol. The van der Waals surface area contributed by atoms with Crippen LogP contribution in [-0.4, -0.2) is 34.7 Å². The molecule has 2 heterocycles. The van der Waals surface area contributed by atoms with E-state index in [4.69, 9.17) is 9.73 Å². The Labute approximate surface area is 196 Å². The number of ether oxygens (including phenoxy) is 1. The molecule has 34 heavy (non-hydrogen) atoms. The summed E-state index contributed by atoms with van der Waals surface area (Å²) < 4.78 is 4.81. The molecule has 0 saturated heterocycles. The summed E-state index contributed by atoms with van der Waals surface area (Å²) in [5.74, 6) is -1.26. The molecule has 7 nitrogen and oxygen atoms in total. The molecule has 5 rings (SSSR count). The fourth-order valence-corrected chi connectivity index (χ4v) is 4.17. The highest BCUT2D eigenvalue weighted by Gasteiger charge is 2.36. The number of rotatable bonds is 5. The quantitative estimate of drug-likeness (QED) is 0.329. The van der Waals surface area contributed by atoms with Gasteiger partial charge in [0.15, 0.2) is 0 Å². The molecule has 0 bridgehead atoms. The molecule has 1 atom stereocenters. The Kier molecular flexibility index (Phi) is 5.51. The average Bonchev–Trinajstić information content (AvgIpc) is 3.44. The number of esters is 1. The smallest absolute Gasteiger partial charge is 0.337 e. The third-order valence-corrected chi connectivity index (χ3v) is 5.87. The largest absolute Gasteiger partial charge is 0.465 e. The molecule has 0 fully saturated rings. The Balaban J connectivity index is 1.57. The van der Waals surface area contributed by atoms with E-state index in [1.807, 2.05) is 61.5 Å². The first kappa shape index (κ1) is 21.3. The van der Waals surface area contributed by atoms with Gasteiger partial charge < -0.3 is 15.0 Å². The zero-order valence-electron chi connectivity index (χ0n) is 18.7. The second-order valence-corrected chi connectivity index (χ2v) is 8.00. The van der Waals surface area contributed by atoms with Gasteiger partial charge in [-0.25, -0.2) is 9.78 Å². The van der Waals surface area contributed by atoms with Crippen LogP contribution in [0.4, 0.5) is 11.4 Å². The van der Waals surface area contributed by atoms with Crippen LogP contribution < -0.4 is 5.32 Å². The number of fused-ring (bicyclic) bond motifs is 1. The summed E-state index contributed by atoms with van der Waals surface area (Å²) in [5.41, 5.74) is 6.81. The van der Waals surface area contributed by atoms with Crippen molar-refractivity contribution in [3.8, 4) is 11.3 Å². The van der Waals surface area contributed by atoms with Crippen molar-refractivity contribution in [3.05, 3.63) is 102 Å². The first-order valence-electron chi connectivity index (χ1n) is 10.8. The zero-order valence-corrected chi connectivity index (χ0v) is 18.7. The summed E-state index contributed by atoms with van der Waals surface area (Å²) in [6.45, 7) is 1.98. The number of imidazole rings is 1. The Morgan fingerprint density at radius 3 is 2.44 bits per heavy atom. The number of aliphatic imine (C=N–C) groups is 1. The number of nitrogens with one attached hydrogen (secondary N) is 2. The van der Waals surface area contributed by atoms with Crippen molar-refractivity contribution < 1.29 is 14.3 Å². The van der Waals surface area contributed by atoms with Crippen LogP contribution in [0.25, 0.3) is 11.3 Å². The molecule has 1 aliphatic heterocycles. The Morgan fingerprint density at radius 2 is 1.76 bits per heavy atom. The lowest BCUT2D eigenvalue weighted by atomic mass is 9.90. The number of carbonyl (C=O) groups excluding carboxylic acids is 2. The minimum Gasteiger partial charge on any atom is -0.465 e. The van der Waals surface area contributed by atoms with Crippen molar-refractivity contribution in [2.75, 3.05) is 12.4 Å². The molecule has 0 radical (unpaired) electrons. The molecule has 0 aliphatic carbocycles. The molecule has 168 valence electrons. The number of hydrogen-bond donors (Lipinski definition) is 2. The molecular weight excluding hydrogens is 428 g/mol. The van der Waals surface area contributed by atoms with E-state index in [9.17, 15) is 9.59 Å². The number of aromatic nitrogens is 2. The van der Waals surface area contributed by atoms with Crippen molar-refractivity contribution in [1.82, 2.24) is 9.97 Å². The van der Waals surface area contributed by atoms with Gasteiger partial charge in [-0.2, -0.15) is 0 Å². The molecule has 0 spiro atoms. The summed E-state index contributed by atoms with van der Waals surface area (Å²) in [5, 5.41) is 2.90. The summed E-state index contributed by atoms with van der Waals surface area (Å²) in [7, 11) is 1.33. The number of aryl methyl sites for hydroxylation is 1. The number of anilines is 1. The van der Waals surface area contributed by atoms with Gasteiger partial charge >= 0.3 is 5.97 Å². The van der Waals surface area contributed by atoms with Crippen LogP contribution in [0.5, 0.6) is 0 Å². The summed E-state index contributed by atoms with van der Waals surface area (Å²) >= 11 is 0. The molecule has 0 saturated carbocycles. The molecule has 1 unspecified atom stereocenters. The number of carbonyl (C=O) groups is 2. The van der Waals surface area contributed by atoms with Gasteiger partial charge in [-0.3, -0.25) is 9.79 Å². The van der Waals surface area contributed by atoms with E-state index in [0.717, 1.165) is 33.8 Å². The van der Waals surface area contributed by atoms with E-state index in [0.29, 0.717) is 17.0 Å². The summed E-state index contributed by atoms with van der Waals surface area (Å²) in [4.78, 5) is 37.4. The van der Waals surface area contributed by atoms with Gasteiger partial charge in [0.2, 0.25) is 5.91 Å². The van der Waals surface area contributed by atoms with E-state index in [1.165, 1.54) is 7.11 Å². The van der Waals surface area contributed by atoms with E-state index in [2.05, 4.69) is 15.3 Å². The van der Waals surface area contributed by atoms with Crippen LogP contribution >= 0.6 is 0 Å². The van der Waals surface area contributed by atoms with Gasteiger partial charge in [0, 0.05) is 16.9 Å². The zero-order chi connectivity index (χ0) is 23.7. The SMILES string of the molecule is COC(=O)c1ccc2c(c1)NC(=O)C2C(=Nc1ccc(-c2nc[nH]c2C)cc1)c1ccccc1. The van der Waals surface area contributed by atoms with E-state index >= 15 is 0 Å². The van der Waals surface area contributed by atoms with Crippen LogP contribution in [0.3, 0.4) is 0 Å². The monoisotopic (exact) mass is 450 g/mol. The van der Waals surface area contributed by atoms with Crippen LogP contribution in [-0.2, 0) is 9.53 Å². The van der Waals surface area contributed by atoms with Gasteiger partial charge in [-0.1, -0.05) is 48.5 Å². The molecule has 3 aromatic carbocycles. The number of methoxy groups -OCH3 is 1. The highest BCUT2D eigenvalue weighted by atomic mass is 16.5. The van der Waals surface area contributed by atoms with Crippen molar-refractivity contribution in [3.63, 3.8) is 0 Å². The number of aromatic amines is 1. The van der Waals surface area contributed by atoms with E-state index in [1.54, 1.807) is 24.5 Å². The molecule has 2 N–H and O–H groups in total. The van der Waals surface area contributed by atoms with Gasteiger partial charge in [-0.05, 0) is 42.3 Å². The van der Waals surface area contributed by atoms with Crippen molar-refractivity contribution >= 4 is 29.0 Å². The lowest BCUT2D eigenvalue weighted by Gasteiger charge is -2.14. The molecule has 1 amide bonds. The summed E-state index contributed by atoms with van der Waals surface area (Å²) in [6, 6.07) is 22.5. The molecule has 7 heteroatoms. The fourth-order valence-electron chi connectivity index (χ4n) is 4.17. The topological polar surface area (TPSA) is 96.4 Å². The number of hydrogen-bond acceptors (Lipinski definition) is 5. The Morgan fingerprint density at radius 1 is 1.00 bits per heavy atom. The minimum atomic E-state index is -0.614. The Hall–Kier alpha value is -4.52. The minimum absolute atomic E-state index is 0.191. The normalized spacial score (nSPS) is 15.1. The van der Waals surface area contributed by atoms with Crippen molar-refractivity contribution in [2.24, 2.45) is 4.99 Å². The van der Waals surface area contributed by atoms with Crippen LogP contribution in [0.1, 0.15) is 33.1 Å². The lowest BCUT2D eigenvalue weighted by molar-refractivity contribution is -0.115. The van der Waals surface area contributed by atoms with Crippen molar-refractivity contribution in [1.29, 1.82) is 0 Å². The van der Waals surface area contributed by atoms with E-state index in [-0.39, 0.29) is 5.91 Å². The second kappa shape index (κ2) is 8.78. The molecule has 1 aromatic heterocycles. The maximum atomic E-state index is 13.1. The van der Waals surface area contributed by atoms with Crippen LogP contribution in [0.2, 0.25) is 0 Å². The fraction of sp³-hybridized carbons (Fsp3) is 0.111. The predicted octanol–water partition coefficient (Wildman–Crippen LogP) is 5.03. The molecule has 1 aliphatic rings. The maximum Gasteiger partial charge on any atom is 0.337 e. The van der Waals surface area contributed by atoms with Gasteiger partial charge in [-0.15, -0.1) is 0 Å². The average molecular weight is 450 g/mol. The van der Waals surface area contributed by atoms with Gasteiger partial charge in [0.05, 0.1) is 36.1 Å². The van der Waals surface area contributed by atoms with Crippen molar-refractivity contribution in [2.45, 2.75) is 12.8 Å². The van der Waals surface area contributed by atoms with Crippen LogP contribution in [0, 0.1) is 6.92 Å². The van der Waals surface area contributed by atoms with E-state index < -0.39 is 11.9 Å². The van der Waals surface area contributed by atoms with Crippen LogP contribution in [0.15, 0.2) is 84.1 Å². The van der Waals surface area contributed by atoms with Gasteiger partial charge in [0.25, 0.3) is 0 Å². The number of nitrogens with zero attached hydrogens (tertiary/aromatic N) is 2. The standard InChI is InChI=1S/C27H22N4O3/c1-16-24(29-15-28-16)18-8-11-20(12-9-18)30-25(17-6-4-3-5-7-17)23-21-13-10-19(27(33)34-2)14-22(21)31-26(23)32/h3-15,23H,1-2H3,(H,28,29)(H,31,32). The Bertz CT molecular complexity index is 1410. The molecular formula is C27H22N4O3. The number of H-pyrrole nitrogens is 1. The number of benzene rings is 3. The highest BCUT2D eigenvalue weighted by Crippen LogP contribution is 2.37. The third kappa shape index (κ3) is 3.88. The number of amides is 1. The first-order chi connectivity index (χ1) is 16.5. The highest BCUT2D eigenvalue weighted by molar-refractivity contribution is 6.24. The molecule has 4 aromatic rings. The first-order valence-corrected chi connectivity index (χ1v) is 10.8. The lowest BCUT2D eigenvalue weighted by Crippen LogP contribution is -2.21. The third-order valence-electron chi connectivity index (χ3n) is 5.87. The second-order valence-electron chi connectivity index (χ2n) is 8.00. The van der Waals surface area contributed by atoms with Gasteiger partial charge in [0.1, 0.15) is 5.92 Å².